The molecular formula is C33H35FN4O5. The number of aromatic nitrogens is 4. The fourth-order valence-electron chi connectivity index (χ4n) is 4.66. The second-order valence-corrected chi connectivity index (χ2v) is 9.74. The number of hydrogen-bond donors (Lipinski definition) is 1. The molecule has 2 aromatic carbocycles. The molecule has 3 aromatic heterocycles. The summed E-state index contributed by atoms with van der Waals surface area (Å²) in [6.45, 7) is 8.70. The highest BCUT2D eigenvalue weighted by atomic mass is 19.1. The Labute approximate surface area is 249 Å². The zero-order valence-electron chi connectivity index (χ0n) is 24.9. The molecule has 10 heteroatoms. The highest BCUT2D eigenvalue weighted by Crippen LogP contribution is 2.23. The van der Waals surface area contributed by atoms with Gasteiger partial charge in [0, 0.05) is 42.6 Å². The predicted octanol–water partition coefficient (Wildman–Crippen LogP) is 6.01. The molecule has 5 aromatic rings. The van der Waals surface area contributed by atoms with E-state index in [-0.39, 0.29) is 30.1 Å². The number of rotatable bonds is 10. The largest absolute Gasteiger partial charge is 0.478 e. The average Bonchev–Trinajstić information content (AvgIpc) is 3.34. The van der Waals surface area contributed by atoms with Gasteiger partial charge >= 0.3 is 5.97 Å². The Morgan fingerprint density at radius 3 is 2.47 bits per heavy atom. The van der Waals surface area contributed by atoms with E-state index in [1.807, 2.05) is 44.4 Å². The van der Waals surface area contributed by atoms with Crippen molar-refractivity contribution < 1.29 is 23.8 Å². The van der Waals surface area contributed by atoms with E-state index in [1.54, 1.807) is 48.1 Å². The number of fused-ring (bicyclic) bond motifs is 1. The third-order valence-corrected chi connectivity index (χ3v) is 6.83. The van der Waals surface area contributed by atoms with Crippen molar-refractivity contribution >= 4 is 17.0 Å². The molecule has 0 aliphatic rings. The summed E-state index contributed by atoms with van der Waals surface area (Å²) in [5, 5.41) is 9.44. The number of carbonyl (C=O) groups is 1. The molecule has 3 heterocycles. The minimum Gasteiger partial charge on any atom is -0.478 e. The number of imidazole rings is 1. The third kappa shape index (κ3) is 7.15. The van der Waals surface area contributed by atoms with Crippen molar-refractivity contribution in [3.8, 4) is 17.1 Å². The molecule has 224 valence electrons. The SMILES string of the molecule is CC.COCCn1c(Cn2c(C)cc(-c3cccc(OCc4ccc(C)cc4F)n3)cc2=O)nc2ccc(C(=O)O)cc21. The molecule has 0 fully saturated rings. The molecule has 43 heavy (non-hydrogen) atoms. The number of hydrogen-bond acceptors (Lipinski definition) is 6. The first-order valence-electron chi connectivity index (χ1n) is 14.0. The summed E-state index contributed by atoms with van der Waals surface area (Å²) in [5.74, 6) is -0.439. The summed E-state index contributed by atoms with van der Waals surface area (Å²) >= 11 is 0. The van der Waals surface area contributed by atoms with E-state index in [0.29, 0.717) is 58.4 Å². The van der Waals surface area contributed by atoms with Gasteiger partial charge in [-0.05, 0) is 55.8 Å². The number of nitrogens with zero attached hydrogens (tertiary/aromatic N) is 4. The van der Waals surface area contributed by atoms with Gasteiger partial charge in [-0.3, -0.25) is 4.79 Å². The standard InChI is InChI=1S/C31H29FN4O5.C2H6/c1-19-7-8-22(24(32)13-19)18-41-29-6-4-5-25(34-29)23-14-20(2)36(30(37)16-23)17-28-33-26-10-9-21(31(38)39)15-27(26)35(28)11-12-40-3;1-2/h4-10,13-16H,11-12,17-18H2,1-3H3,(H,38,39);1-2H3. The van der Waals surface area contributed by atoms with Gasteiger partial charge in [0.25, 0.3) is 5.56 Å². The van der Waals surface area contributed by atoms with Crippen LogP contribution in [0.25, 0.3) is 22.3 Å². The number of carboxylic acids is 1. The van der Waals surface area contributed by atoms with Crippen LogP contribution in [0.15, 0.2) is 71.5 Å². The van der Waals surface area contributed by atoms with Crippen molar-refractivity contribution in [2.24, 2.45) is 0 Å². The second kappa shape index (κ2) is 13.9. The predicted molar refractivity (Wildman–Crippen MR) is 163 cm³/mol. The van der Waals surface area contributed by atoms with Gasteiger partial charge in [0.15, 0.2) is 0 Å². The molecule has 0 saturated heterocycles. The molecule has 0 amide bonds. The molecule has 0 aliphatic heterocycles. The van der Waals surface area contributed by atoms with Gasteiger partial charge in [-0.1, -0.05) is 32.0 Å². The van der Waals surface area contributed by atoms with Crippen LogP contribution in [0, 0.1) is 19.7 Å². The topological polar surface area (TPSA) is 108 Å². The van der Waals surface area contributed by atoms with Crippen LogP contribution in [0.2, 0.25) is 0 Å². The fraction of sp³-hybridized carbons (Fsp3) is 0.273. The molecule has 9 nitrogen and oxygen atoms in total. The van der Waals surface area contributed by atoms with Crippen LogP contribution < -0.4 is 10.3 Å². The molecule has 1 N–H and O–H groups in total. The van der Waals surface area contributed by atoms with Crippen molar-refractivity contribution in [2.45, 2.75) is 47.4 Å². The smallest absolute Gasteiger partial charge is 0.335 e. The molecule has 0 spiro atoms. The molecule has 0 atom stereocenters. The molecular weight excluding hydrogens is 551 g/mol. The number of aryl methyl sites for hydroxylation is 2. The average molecular weight is 587 g/mol. The summed E-state index contributed by atoms with van der Waals surface area (Å²) in [4.78, 5) is 34.1. The van der Waals surface area contributed by atoms with E-state index in [9.17, 15) is 19.1 Å². The Balaban J connectivity index is 0.00000207. The number of benzene rings is 2. The number of ether oxygens (including phenoxy) is 2. The van der Waals surface area contributed by atoms with Crippen LogP contribution in [0.3, 0.4) is 0 Å². The minimum atomic E-state index is -1.03. The third-order valence-electron chi connectivity index (χ3n) is 6.83. The number of carboxylic acid groups (broad SMARTS) is 1. The van der Waals surface area contributed by atoms with Crippen molar-refractivity contribution in [2.75, 3.05) is 13.7 Å². The van der Waals surface area contributed by atoms with Gasteiger partial charge in [-0.15, -0.1) is 0 Å². The van der Waals surface area contributed by atoms with Crippen LogP contribution in [0.1, 0.15) is 46.9 Å². The molecule has 0 radical (unpaired) electrons. The lowest BCUT2D eigenvalue weighted by Gasteiger charge is -2.14. The summed E-state index contributed by atoms with van der Waals surface area (Å²) in [5.41, 5.74) is 4.32. The maximum atomic E-state index is 14.2. The van der Waals surface area contributed by atoms with E-state index in [2.05, 4.69) is 4.98 Å². The lowest BCUT2D eigenvalue weighted by molar-refractivity contribution is 0.0697. The van der Waals surface area contributed by atoms with Crippen LogP contribution in [-0.2, 0) is 24.4 Å². The first-order valence-corrected chi connectivity index (χ1v) is 14.0. The first kappa shape index (κ1) is 31.1. The van der Waals surface area contributed by atoms with Gasteiger partial charge in [-0.25, -0.2) is 19.2 Å². The van der Waals surface area contributed by atoms with Crippen molar-refractivity contribution in [1.29, 1.82) is 0 Å². The molecule has 0 bridgehead atoms. The lowest BCUT2D eigenvalue weighted by Crippen LogP contribution is -2.24. The van der Waals surface area contributed by atoms with Crippen LogP contribution >= 0.6 is 0 Å². The number of pyridine rings is 2. The highest BCUT2D eigenvalue weighted by molar-refractivity contribution is 5.92. The minimum absolute atomic E-state index is 0.0290. The molecule has 5 rings (SSSR count). The van der Waals surface area contributed by atoms with E-state index in [4.69, 9.17) is 14.5 Å². The maximum absolute atomic E-state index is 14.2. The zero-order valence-corrected chi connectivity index (χ0v) is 24.9. The highest BCUT2D eigenvalue weighted by Gasteiger charge is 2.16. The van der Waals surface area contributed by atoms with Gasteiger partial charge < -0.3 is 23.7 Å². The summed E-state index contributed by atoms with van der Waals surface area (Å²) < 4.78 is 28.7. The zero-order chi connectivity index (χ0) is 31.1. The Morgan fingerprint density at radius 2 is 1.77 bits per heavy atom. The lowest BCUT2D eigenvalue weighted by atomic mass is 10.1. The second-order valence-electron chi connectivity index (χ2n) is 9.74. The summed E-state index contributed by atoms with van der Waals surface area (Å²) in [6.07, 6.45) is 0. The van der Waals surface area contributed by atoms with Gasteiger partial charge in [0.1, 0.15) is 18.2 Å². The Morgan fingerprint density at radius 1 is 0.977 bits per heavy atom. The molecule has 0 aliphatic carbocycles. The number of halogens is 1. The molecule has 0 saturated carbocycles. The fourth-order valence-corrected chi connectivity index (χ4v) is 4.66. The first-order chi connectivity index (χ1) is 20.7. The van der Waals surface area contributed by atoms with Gasteiger partial charge in [0.05, 0.1) is 35.4 Å². The van der Waals surface area contributed by atoms with Crippen molar-refractivity contribution in [3.05, 3.63) is 111 Å². The molecule has 0 unspecified atom stereocenters. The Kier molecular flexibility index (Phi) is 10.0. The monoisotopic (exact) mass is 586 g/mol. The van der Waals surface area contributed by atoms with Gasteiger partial charge in [0.2, 0.25) is 5.88 Å². The Hall–Kier alpha value is -4.83. The van der Waals surface area contributed by atoms with E-state index >= 15 is 0 Å². The van der Waals surface area contributed by atoms with Crippen LogP contribution in [-0.4, -0.2) is 43.9 Å². The van der Waals surface area contributed by atoms with Crippen LogP contribution in [0.4, 0.5) is 4.39 Å². The summed E-state index contributed by atoms with van der Waals surface area (Å²) in [6, 6.07) is 18.3. The van der Waals surface area contributed by atoms with E-state index < -0.39 is 5.97 Å². The van der Waals surface area contributed by atoms with Crippen molar-refractivity contribution in [1.82, 2.24) is 19.1 Å². The quantitative estimate of drug-likeness (QED) is 0.213. The van der Waals surface area contributed by atoms with E-state index in [1.165, 1.54) is 18.2 Å². The number of methoxy groups -OCH3 is 1. The maximum Gasteiger partial charge on any atom is 0.335 e. The Bertz CT molecular complexity index is 1810. The van der Waals surface area contributed by atoms with E-state index in [0.717, 1.165) is 5.56 Å². The number of aromatic carboxylic acids is 1. The summed E-state index contributed by atoms with van der Waals surface area (Å²) in [7, 11) is 1.59. The normalized spacial score (nSPS) is 10.8. The van der Waals surface area contributed by atoms with Crippen molar-refractivity contribution in [3.63, 3.8) is 0 Å². The van der Waals surface area contributed by atoms with Crippen LogP contribution in [0.5, 0.6) is 5.88 Å². The van der Waals surface area contributed by atoms with Gasteiger partial charge in [-0.2, -0.15) is 0 Å².